The van der Waals surface area contributed by atoms with Crippen LogP contribution in [0.25, 0.3) is 11.0 Å². The zero-order valence-corrected chi connectivity index (χ0v) is 12.8. The van der Waals surface area contributed by atoms with Gasteiger partial charge in [-0.3, -0.25) is 5.84 Å². The van der Waals surface area contributed by atoms with E-state index in [-0.39, 0.29) is 23.5 Å². The first-order valence-electron chi connectivity index (χ1n) is 7.13. The summed E-state index contributed by atoms with van der Waals surface area (Å²) in [6.45, 7) is 2.04. The van der Waals surface area contributed by atoms with E-state index >= 15 is 0 Å². The summed E-state index contributed by atoms with van der Waals surface area (Å²) in [7, 11) is -2.86. The van der Waals surface area contributed by atoms with Gasteiger partial charge in [0.2, 0.25) is 0 Å². The average Bonchev–Trinajstić information content (AvgIpc) is 2.98. The molecule has 3 rings (SSSR count). The molecule has 6 heteroatoms. The van der Waals surface area contributed by atoms with E-state index in [1.807, 2.05) is 25.1 Å². The van der Waals surface area contributed by atoms with Gasteiger partial charge >= 0.3 is 0 Å². The molecule has 1 aliphatic rings. The number of nitrogens with one attached hydrogen (secondary N) is 1. The minimum atomic E-state index is -2.86. The lowest BCUT2D eigenvalue weighted by Gasteiger charge is -2.16. The monoisotopic (exact) mass is 308 g/mol. The van der Waals surface area contributed by atoms with E-state index in [1.165, 1.54) is 5.56 Å². The maximum atomic E-state index is 11.6. The average molecular weight is 308 g/mol. The van der Waals surface area contributed by atoms with E-state index in [0.717, 1.165) is 16.7 Å². The molecule has 21 heavy (non-hydrogen) atoms. The molecule has 1 aromatic carbocycles. The number of nitrogens with two attached hydrogens (primary N) is 1. The zero-order chi connectivity index (χ0) is 15.0. The summed E-state index contributed by atoms with van der Waals surface area (Å²) in [5.74, 6) is 7.09. The van der Waals surface area contributed by atoms with Crippen molar-refractivity contribution in [2.45, 2.75) is 25.8 Å². The Hall–Kier alpha value is -1.37. The SMILES string of the molecule is Cc1ccc2oc(C(CC3CCS(=O)(=O)C3)NN)cc2c1. The summed E-state index contributed by atoms with van der Waals surface area (Å²) >= 11 is 0. The summed E-state index contributed by atoms with van der Waals surface area (Å²) in [4.78, 5) is 0. The van der Waals surface area contributed by atoms with E-state index in [4.69, 9.17) is 10.3 Å². The molecular weight excluding hydrogens is 288 g/mol. The fourth-order valence-corrected chi connectivity index (χ4v) is 4.89. The number of fused-ring (bicyclic) bond motifs is 1. The van der Waals surface area contributed by atoms with Crippen molar-refractivity contribution in [2.24, 2.45) is 11.8 Å². The molecule has 1 aliphatic heterocycles. The minimum absolute atomic E-state index is 0.144. The Kier molecular flexibility index (Phi) is 3.77. The maximum absolute atomic E-state index is 11.6. The van der Waals surface area contributed by atoms with Crippen molar-refractivity contribution in [3.05, 3.63) is 35.6 Å². The van der Waals surface area contributed by atoms with Crippen LogP contribution in [0.2, 0.25) is 0 Å². The highest BCUT2D eigenvalue weighted by molar-refractivity contribution is 7.91. The third-order valence-electron chi connectivity index (χ3n) is 4.13. The van der Waals surface area contributed by atoms with Crippen molar-refractivity contribution in [2.75, 3.05) is 11.5 Å². The highest BCUT2D eigenvalue weighted by Gasteiger charge is 2.30. The van der Waals surface area contributed by atoms with Gasteiger partial charge in [0, 0.05) is 5.39 Å². The summed E-state index contributed by atoms with van der Waals surface area (Å²) in [5.41, 5.74) is 4.76. The molecule has 0 spiro atoms. The third kappa shape index (κ3) is 3.12. The molecule has 1 saturated heterocycles. The van der Waals surface area contributed by atoms with Gasteiger partial charge in [-0.15, -0.1) is 0 Å². The molecule has 0 radical (unpaired) electrons. The second kappa shape index (κ2) is 5.44. The standard InChI is InChI=1S/C15H20N2O3S/c1-10-2-3-14-12(6-10)8-15(20-14)13(17-16)7-11-4-5-21(18,19)9-11/h2-3,6,8,11,13,17H,4-5,7,9,16H2,1H3. The van der Waals surface area contributed by atoms with Gasteiger partial charge in [0.25, 0.3) is 0 Å². The van der Waals surface area contributed by atoms with Gasteiger partial charge in [-0.1, -0.05) is 11.6 Å². The second-order valence-corrected chi connectivity index (χ2v) is 8.14. The Morgan fingerprint density at radius 3 is 2.90 bits per heavy atom. The van der Waals surface area contributed by atoms with Crippen LogP contribution in [-0.4, -0.2) is 19.9 Å². The highest BCUT2D eigenvalue weighted by atomic mass is 32.2. The van der Waals surface area contributed by atoms with E-state index in [0.29, 0.717) is 12.8 Å². The molecule has 1 fully saturated rings. The van der Waals surface area contributed by atoms with Gasteiger partial charge in [-0.2, -0.15) is 0 Å². The molecule has 114 valence electrons. The van der Waals surface area contributed by atoms with Gasteiger partial charge in [0.05, 0.1) is 17.5 Å². The van der Waals surface area contributed by atoms with Crippen molar-refractivity contribution in [3.8, 4) is 0 Å². The van der Waals surface area contributed by atoms with E-state index in [2.05, 4.69) is 11.5 Å². The first-order valence-corrected chi connectivity index (χ1v) is 8.95. The lowest BCUT2D eigenvalue weighted by atomic mass is 9.98. The predicted octanol–water partition coefficient (Wildman–Crippen LogP) is 2.07. The quantitative estimate of drug-likeness (QED) is 0.667. The van der Waals surface area contributed by atoms with Crippen LogP contribution >= 0.6 is 0 Å². The summed E-state index contributed by atoms with van der Waals surface area (Å²) in [5, 5.41) is 1.05. The topological polar surface area (TPSA) is 85.3 Å². The first kappa shape index (κ1) is 14.6. The highest BCUT2D eigenvalue weighted by Crippen LogP contribution is 2.31. The van der Waals surface area contributed by atoms with Crippen LogP contribution in [0.15, 0.2) is 28.7 Å². The summed E-state index contributed by atoms with van der Waals surface area (Å²) < 4.78 is 28.9. The molecule has 2 heterocycles. The molecule has 2 aromatic rings. The van der Waals surface area contributed by atoms with Gasteiger partial charge in [-0.25, -0.2) is 13.8 Å². The molecule has 0 bridgehead atoms. The summed E-state index contributed by atoms with van der Waals surface area (Å²) in [6.07, 6.45) is 1.38. The van der Waals surface area contributed by atoms with Crippen molar-refractivity contribution in [3.63, 3.8) is 0 Å². The molecule has 2 atom stereocenters. The van der Waals surface area contributed by atoms with Crippen LogP contribution in [-0.2, 0) is 9.84 Å². The normalized spacial score (nSPS) is 22.7. The fourth-order valence-electron chi connectivity index (χ4n) is 3.01. The second-order valence-electron chi connectivity index (χ2n) is 5.91. The van der Waals surface area contributed by atoms with Gasteiger partial charge in [0.1, 0.15) is 11.3 Å². The number of furan rings is 1. The van der Waals surface area contributed by atoms with Crippen LogP contribution in [0.4, 0.5) is 0 Å². The minimum Gasteiger partial charge on any atom is -0.459 e. The maximum Gasteiger partial charge on any atom is 0.150 e. The third-order valence-corrected chi connectivity index (χ3v) is 5.97. The molecule has 0 amide bonds. The zero-order valence-electron chi connectivity index (χ0n) is 12.0. The fraction of sp³-hybridized carbons (Fsp3) is 0.467. The molecule has 2 unspecified atom stereocenters. The van der Waals surface area contributed by atoms with Crippen LogP contribution in [0.5, 0.6) is 0 Å². The van der Waals surface area contributed by atoms with Gasteiger partial charge in [0.15, 0.2) is 9.84 Å². The predicted molar refractivity (Wildman–Crippen MR) is 82.4 cm³/mol. The van der Waals surface area contributed by atoms with E-state index < -0.39 is 9.84 Å². The molecule has 0 saturated carbocycles. The van der Waals surface area contributed by atoms with E-state index in [1.54, 1.807) is 0 Å². The number of sulfone groups is 1. The first-order chi connectivity index (χ1) is 9.97. The van der Waals surface area contributed by atoms with Gasteiger partial charge < -0.3 is 4.42 Å². The molecular formula is C15H20N2O3S. The van der Waals surface area contributed by atoms with Crippen molar-refractivity contribution in [1.29, 1.82) is 0 Å². The van der Waals surface area contributed by atoms with Crippen molar-refractivity contribution >= 4 is 20.8 Å². The Morgan fingerprint density at radius 1 is 1.43 bits per heavy atom. The molecule has 3 N–H and O–H groups in total. The van der Waals surface area contributed by atoms with E-state index in [9.17, 15) is 8.42 Å². The Balaban J connectivity index is 1.81. The van der Waals surface area contributed by atoms with Crippen LogP contribution < -0.4 is 11.3 Å². The van der Waals surface area contributed by atoms with Crippen molar-refractivity contribution in [1.82, 2.24) is 5.43 Å². The number of benzene rings is 1. The number of hydrazine groups is 1. The number of rotatable bonds is 4. The van der Waals surface area contributed by atoms with Crippen LogP contribution in [0, 0.1) is 12.8 Å². The van der Waals surface area contributed by atoms with Crippen molar-refractivity contribution < 1.29 is 12.8 Å². The van der Waals surface area contributed by atoms with Gasteiger partial charge in [-0.05, 0) is 43.9 Å². The van der Waals surface area contributed by atoms with Crippen LogP contribution in [0.3, 0.4) is 0 Å². The Labute approximate surface area is 124 Å². The van der Waals surface area contributed by atoms with Crippen LogP contribution in [0.1, 0.15) is 30.2 Å². The smallest absolute Gasteiger partial charge is 0.150 e. The lowest BCUT2D eigenvalue weighted by molar-refractivity contribution is 0.367. The molecule has 5 nitrogen and oxygen atoms in total. The molecule has 0 aliphatic carbocycles. The molecule has 1 aromatic heterocycles. The number of hydrogen-bond acceptors (Lipinski definition) is 5. The lowest BCUT2D eigenvalue weighted by Crippen LogP contribution is -2.29. The largest absolute Gasteiger partial charge is 0.459 e. The number of aryl methyl sites for hydroxylation is 1. The summed E-state index contributed by atoms with van der Waals surface area (Å²) in [6, 6.07) is 7.84. The number of hydrogen-bond donors (Lipinski definition) is 2. The Morgan fingerprint density at radius 2 is 2.24 bits per heavy atom. The Bertz CT molecular complexity index is 751.